The van der Waals surface area contributed by atoms with E-state index in [0.29, 0.717) is 93.3 Å². The Bertz CT molecular complexity index is 3950. The number of methoxy groups -OCH3 is 2. The van der Waals surface area contributed by atoms with Crippen LogP contribution in [0.1, 0.15) is 114 Å². The van der Waals surface area contributed by atoms with Crippen LogP contribution in [0.2, 0.25) is 0 Å². The first-order valence-electron chi connectivity index (χ1n) is 31.9. The van der Waals surface area contributed by atoms with Crippen LogP contribution < -0.4 is 20.2 Å². The molecule has 35 heteroatoms. The average Bonchev–Trinajstić information content (AvgIpc) is 1.36. The summed E-state index contributed by atoms with van der Waals surface area (Å²) < 4.78 is 190. The molecule has 3 saturated heterocycles. The van der Waals surface area contributed by atoms with E-state index in [9.17, 15) is 47.4 Å². The predicted molar refractivity (Wildman–Crippen MR) is 341 cm³/mol. The van der Waals surface area contributed by atoms with E-state index in [0.717, 1.165) is 58.5 Å². The van der Waals surface area contributed by atoms with Gasteiger partial charge in [-0.25, -0.2) is 37.8 Å². The number of aromatic nitrogens is 4. The van der Waals surface area contributed by atoms with Crippen LogP contribution in [0.15, 0.2) is 79.3 Å². The summed E-state index contributed by atoms with van der Waals surface area (Å²) in [7, 11) is -3.91. The number of aliphatic carboxylic acids is 1. The normalized spacial score (nSPS) is 17.4. The van der Waals surface area contributed by atoms with E-state index in [1.807, 2.05) is 5.32 Å². The standard InChI is InChI=1S/C67H76F10N9O15P/c1-63(2,57-40(26-54(88)89)10-9-11-52(57)101-102(94,95)96)28-56(91)100-53(34-84(82-59(92)47(27-55(90)97-7)64(3,4)66(72,73)74)33-46-48(68)23-41(24-49(46)69)50-20-21-85(81-50)60(70)71)42(25-51(87)58(80-62(93)98-8)65(5,6)67(75,76)77)22-38-15-12-37(13-16-38)14-17-39-29-78-61(79-30-39)83-31-43-18-19-44(32-83)86(43)45-35-99-36-45/h9-13,15-16,20-21,23-24,29-30,42-45,47,53,58,60H,18-19,22,25-28,31-36H2,1-8H3,(H,80,93)(H,82,92)(H,88,89)(H2,94,95,96)/t42-,43?,44?,47-,53+,58-/m1/s1. The van der Waals surface area contributed by atoms with Crippen molar-refractivity contribution >= 4 is 49.5 Å². The molecule has 2 aromatic heterocycles. The number of carboxylic acids is 1. The lowest BCUT2D eigenvalue weighted by Crippen LogP contribution is -2.62. The molecule has 0 radical (unpaired) electrons. The zero-order valence-electron chi connectivity index (χ0n) is 56.4. The summed E-state index contributed by atoms with van der Waals surface area (Å²) in [4.78, 5) is 117. The zero-order valence-corrected chi connectivity index (χ0v) is 57.3. The minimum atomic E-state index is -5.48. The Morgan fingerprint density at radius 1 is 0.794 bits per heavy atom. The first-order valence-corrected chi connectivity index (χ1v) is 33.4. The van der Waals surface area contributed by atoms with Gasteiger partial charge >= 0.3 is 50.7 Å². The molecule has 2 bridgehead atoms. The molecule has 3 aromatic carbocycles. The zero-order chi connectivity index (χ0) is 75.2. The molecule has 554 valence electrons. The lowest BCUT2D eigenvalue weighted by atomic mass is 9.75. The molecule has 0 aliphatic carbocycles. The Labute approximate surface area is 578 Å². The third-order valence-corrected chi connectivity index (χ3v) is 18.9. The van der Waals surface area contributed by atoms with Crippen molar-refractivity contribution in [3.05, 3.63) is 124 Å². The number of piperazine rings is 1. The number of carbonyl (C=O) groups excluding carboxylic acids is 5. The Morgan fingerprint density at radius 2 is 1.40 bits per heavy atom. The van der Waals surface area contributed by atoms with Crippen molar-refractivity contribution in [2.75, 3.05) is 52.0 Å². The fraction of sp³-hybridized carbons (Fsp3) is 0.507. The van der Waals surface area contributed by atoms with E-state index in [2.05, 4.69) is 51.6 Å². The number of Topliss-reactive ketones (excluding diaryl/α,β-unsaturated/α-hetero) is 1. The molecular weight excluding hydrogens is 1390 g/mol. The second-order valence-corrected chi connectivity index (χ2v) is 28.1. The van der Waals surface area contributed by atoms with Crippen LogP contribution in [0, 0.1) is 46.1 Å². The van der Waals surface area contributed by atoms with Gasteiger partial charge in [-0.05, 0) is 80.6 Å². The lowest BCUT2D eigenvalue weighted by molar-refractivity contribution is -0.231. The number of hydrogen-bond acceptors (Lipinski definition) is 18. The molecule has 5 aromatic rings. The molecule has 102 heavy (non-hydrogen) atoms. The number of ether oxygens (including phenoxy) is 4. The van der Waals surface area contributed by atoms with Gasteiger partial charge in [0.25, 0.3) is 0 Å². The van der Waals surface area contributed by atoms with E-state index in [4.69, 9.17) is 14.0 Å². The topological polar surface area (TPSA) is 304 Å². The van der Waals surface area contributed by atoms with Crippen LogP contribution in [0.3, 0.4) is 0 Å². The van der Waals surface area contributed by atoms with Gasteiger partial charge in [-0.3, -0.25) is 44.1 Å². The first kappa shape index (κ1) is 79.0. The van der Waals surface area contributed by atoms with Crippen molar-refractivity contribution in [3.63, 3.8) is 0 Å². The van der Waals surface area contributed by atoms with Gasteiger partial charge in [0.2, 0.25) is 11.9 Å². The van der Waals surface area contributed by atoms with Crippen molar-refractivity contribution < 1.29 is 116 Å². The third kappa shape index (κ3) is 19.3. The molecule has 24 nitrogen and oxygen atoms in total. The van der Waals surface area contributed by atoms with Gasteiger partial charge < -0.3 is 38.8 Å². The molecule has 2 amide bonds. The summed E-state index contributed by atoms with van der Waals surface area (Å²) >= 11 is 0. The molecule has 3 aliphatic heterocycles. The molecule has 3 aliphatic rings. The van der Waals surface area contributed by atoms with Gasteiger partial charge in [0.1, 0.15) is 29.5 Å². The van der Waals surface area contributed by atoms with Crippen molar-refractivity contribution in [1.29, 1.82) is 0 Å². The summed E-state index contributed by atoms with van der Waals surface area (Å²) in [5.41, 5.74) is -7.46. The maximum atomic E-state index is 16.8. The van der Waals surface area contributed by atoms with Crippen LogP contribution in [0.4, 0.5) is 54.6 Å². The second-order valence-electron chi connectivity index (χ2n) is 26.9. The molecule has 2 unspecified atom stereocenters. The number of hydrogen-bond donors (Lipinski definition) is 5. The lowest BCUT2D eigenvalue weighted by Gasteiger charge is -2.47. The largest absolute Gasteiger partial charge is 0.524 e. The Morgan fingerprint density at radius 3 is 1.93 bits per heavy atom. The number of ketones is 1. The van der Waals surface area contributed by atoms with Crippen LogP contribution in [0.5, 0.6) is 5.75 Å². The highest BCUT2D eigenvalue weighted by atomic mass is 31.2. The number of alkyl halides is 8. The predicted octanol–water partition coefficient (Wildman–Crippen LogP) is 9.58. The van der Waals surface area contributed by atoms with Crippen LogP contribution in [-0.4, -0.2) is 170 Å². The average molecular weight is 1470 g/mol. The quantitative estimate of drug-likeness (QED) is 0.00743. The molecule has 0 spiro atoms. The summed E-state index contributed by atoms with van der Waals surface area (Å²) in [6.07, 6.45) is -13.3. The number of phosphoric ester groups is 1. The van der Waals surface area contributed by atoms with Crippen LogP contribution in [0.25, 0.3) is 11.3 Å². The molecule has 5 heterocycles. The Balaban J connectivity index is 1.25. The number of alkyl carbamates (subject to hydrolysis) is 1. The Kier molecular flexibility index (Phi) is 24.7. The van der Waals surface area contributed by atoms with Crippen molar-refractivity contribution in [2.24, 2.45) is 22.7 Å². The maximum absolute atomic E-state index is 16.8. The number of amides is 2. The first-order chi connectivity index (χ1) is 47.6. The van der Waals surface area contributed by atoms with Crippen LogP contribution >= 0.6 is 7.82 Å². The van der Waals surface area contributed by atoms with Crippen LogP contribution in [-0.2, 0) is 72.3 Å². The third-order valence-electron chi connectivity index (χ3n) is 18.5. The number of esters is 2. The number of carbonyl (C=O) groups is 6. The summed E-state index contributed by atoms with van der Waals surface area (Å²) in [5.74, 6) is -8.90. The number of anilines is 1. The number of rotatable bonds is 29. The molecule has 8 rings (SSSR count). The highest BCUT2D eigenvalue weighted by Gasteiger charge is 2.57. The Hall–Kier alpha value is -8.74. The highest BCUT2D eigenvalue weighted by molar-refractivity contribution is 7.46. The van der Waals surface area contributed by atoms with Gasteiger partial charge in [-0.1, -0.05) is 63.8 Å². The number of halogens is 10. The number of fused-ring (bicyclic) bond motifs is 2. The van der Waals surface area contributed by atoms with Gasteiger partial charge in [-0.2, -0.15) is 40.2 Å². The number of phosphoric acid groups is 1. The van der Waals surface area contributed by atoms with Crippen molar-refractivity contribution in [2.45, 2.75) is 148 Å². The van der Waals surface area contributed by atoms with Gasteiger partial charge in [0.05, 0.1) is 87.3 Å². The van der Waals surface area contributed by atoms with E-state index >= 15 is 44.7 Å². The minimum absolute atomic E-state index is 0.158. The van der Waals surface area contributed by atoms with E-state index < -0.39 is 182 Å². The van der Waals surface area contributed by atoms with Gasteiger partial charge in [-0.15, -0.1) is 0 Å². The maximum Gasteiger partial charge on any atom is 0.524 e. The van der Waals surface area contributed by atoms with E-state index in [1.165, 1.54) is 50.2 Å². The number of nitrogens with one attached hydrogen (secondary N) is 2. The monoisotopic (exact) mass is 1470 g/mol. The van der Waals surface area contributed by atoms with Crippen molar-refractivity contribution in [3.8, 4) is 28.8 Å². The molecule has 0 saturated carbocycles. The van der Waals surface area contributed by atoms with Gasteiger partial charge in [0.15, 0.2) is 5.78 Å². The number of benzene rings is 3. The summed E-state index contributed by atoms with van der Waals surface area (Å²) in [5, 5.41) is 16.0. The van der Waals surface area contributed by atoms with Gasteiger partial charge in [0, 0.05) is 90.3 Å². The minimum Gasteiger partial charge on any atom is -0.481 e. The number of carboxylic acid groups (broad SMARTS) is 1. The molecule has 6 atom stereocenters. The number of hydrazine groups is 1. The van der Waals surface area contributed by atoms with E-state index in [-0.39, 0.29) is 21.4 Å². The molecule has 3 fully saturated rings. The fourth-order valence-corrected chi connectivity index (χ4v) is 13.2. The molecule has 5 N–H and O–H groups in total. The SMILES string of the molecule is COC(=O)C[C@H](C(=O)NN(Cc1c(F)cc(-c2ccn(C(F)F)n2)cc1F)C[C@H](OC(=O)CC(C)(C)c1c(CC(=O)O)cccc1OP(=O)(O)O)[C@@H](CC(=O)[C@@H](NC(=O)OC)C(C)(C)C(F)(F)F)Cc1ccc(C#Cc2cnc(N3CC4CCC(C3)N4C3COC3)nc2)cc1)C(C)(C)C(F)(F)F. The summed E-state index contributed by atoms with van der Waals surface area (Å²) in [6, 6.07) is 9.94. The van der Waals surface area contributed by atoms with Crippen molar-refractivity contribution in [1.82, 2.24) is 40.4 Å². The smallest absolute Gasteiger partial charge is 0.481 e. The second kappa shape index (κ2) is 31.9. The van der Waals surface area contributed by atoms with E-state index in [1.54, 1.807) is 12.4 Å². The summed E-state index contributed by atoms with van der Waals surface area (Å²) in [6.45, 7) is 1.83. The number of nitrogens with zero attached hydrogens (tertiary/aromatic N) is 7. The fourth-order valence-electron chi connectivity index (χ4n) is 12.7. The molecular formula is C67H76F10N9O15P. The highest BCUT2D eigenvalue weighted by Crippen LogP contribution is 2.48.